The normalized spacial score (nSPS) is 11.4. The molecule has 3 aromatic rings. The Morgan fingerprint density at radius 2 is 1.66 bits per heavy atom. The number of ether oxygens (including phenoxy) is 3. The number of hydrogen-bond donors (Lipinski definition) is 0. The lowest BCUT2D eigenvalue weighted by Gasteiger charge is -2.18. The summed E-state index contributed by atoms with van der Waals surface area (Å²) in [7, 11) is 0. The van der Waals surface area contributed by atoms with Crippen molar-refractivity contribution < 1.29 is 35.4 Å². The molecular formula is C27H31I2O3+. The maximum Gasteiger partial charge on any atom is 0.358 e. The molecule has 0 aliphatic heterocycles. The molecule has 0 radical (unpaired) electrons. The SMILES string of the molecule is CCOCOc1ccc(COc2ccc([I+]c3ccc(C(C)(C)C)cc3)c(C)c2)cc1I. The van der Waals surface area contributed by atoms with Crippen LogP contribution in [0.25, 0.3) is 0 Å². The monoisotopic (exact) mass is 657 g/mol. The Balaban J connectivity index is 1.59. The quantitative estimate of drug-likeness (QED) is 0.198. The van der Waals surface area contributed by atoms with E-state index < -0.39 is 0 Å². The van der Waals surface area contributed by atoms with E-state index in [0.29, 0.717) is 13.2 Å². The van der Waals surface area contributed by atoms with Gasteiger partial charge in [0.2, 0.25) is 0 Å². The Labute approximate surface area is 216 Å². The molecule has 3 aromatic carbocycles. The average molecular weight is 657 g/mol. The summed E-state index contributed by atoms with van der Waals surface area (Å²) < 4.78 is 20.9. The first-order chi connectivity index (χ1) is 15.3. The summed E-state index contributed by atoms with van der Waals surface area (Å²) in [5.74, 6) is 1.74. The molecular weight excluding hydrogens is 626 g/mol. The van der Waals surface area contributed by atoms with Gasteiger partial charge in [0.1, 0.15) is 18.1 Å². The van der Waals surface area contributed by atoms with Gasteiger partial charge in [-0.3, -0.25) is 0 Å². The predicted molar refractivity (Wildman–Crippen MR) is 134 cm³/mol. The van der Waals surface area contributed by atoms with Gasteiger partial charge < -0.3 is 14.2 Å². The highest BCUT2D eigenvalue weighted by Gasteiger charge is 2.20. The fourth-order valence-electron chi connectivity index (χ4n) is 3.05. The van der Waals surface area contributed by atoms with Crippen molar-refractivity contribution in [2.45, 2.75) is 46.6 Å². The van der Waals surface area contributed by atoms with Gasteiger partial charge >= 0.3 is 21.2 Å². The van der Waals surface area contributed by atoms with Gasteiger partial charge in [0.25, 0.3) is 0 Å². The molecule has 0 aromatic heterocycles. The molecule has 0 N–H and O–H groups in total. The van der Waals surface area contributed by atoms with Crippen LogP contribution in [0.1, 0.15) is 44.4 Å². The Kier molecular flexibility index (Phi) is 9.25. The van der Waals surface area contributed by atoms with Crippen molar-refractivity contribution in [2.75, 3.05) is 13.4 Å². The number of halogens is 2. The van der Waals surface area contributed by atoms with Crippen LogP contribution < -0.4 is 30.7 Å². The van der Waals surface area contributed by atoms with E-state index in [2.05, 4.69) is 98.8 Å². The third kappa shape index (κ3) is 7.35. The lowest BCUT2D eigenvalue weighted by Crippen LogP contribution is -3.61. The molecule has 0 spiro atoms. The Morgan fingerprint density at radius 1 is 0.906 bits per heavy atom. The molecule has 0 atom stereocenters. The highest BCUT2D eigenvalue weighted by molar-refractivity contribution is 14.1. The molecule has 0 aliphatic rings. The first-order valence-corrected chi connectivity index (χ1v) is 14.0. The fraction of sp³-hybridized carbons (Fsp3) is 0.333. The van der Waals surface area contributed by atoms with Gasteiger partial charge in [0.05, 0.1) is 3.57 Å². The minimum absolute atomic E-state index is 0.195. The van der Waals surface area contributed by atoms with Crippen LogP contribution in [0.3, 0.4) is 0 Å². The van der Waals surface area contributed by atoms with Crippen molar-refractivity contribution in [1.29, 1.82) is 0 Å². The van der Waals surface area contributed by atoms with E-state index in [4.69, 9.17) is 14.2 Å². The van der Waals surface area contributed by atoms with Crippen molar-refractivity contribution in [3.8, 4) is 11.5 Å². The van der Waals surface area contributed by atoms with Gasteiger partial charge in [-0.1, -0.05) is 39.0 Å². The van der Waals surface area contributed by atoms with Gasteiger partial charge in [-0.2, -0.15) is 0 Å². The summed E-state index contributed by atoms with van der Waals surface area (Å²) in [5, 5.41) is 0. The van der Waals surface area contributed by atoms with Crippen molar-refractivity contribution >= 4 is 22.6 Å². The molecule has 0 saturated carbocycles. The summed E-state index contributed by atoms with van der Waals surface area (Å²) in [5.41, 5.74) is 3.99. The van der Waals surface area contributed by atoms with Crippen LogP contribution in [0.5, 0.6) is 11.5 Å². The molecule has 0 bridgehead atoms. The zero-order valence-corrected chi connectivity index (χ0v) is 23.7. The van der Waals surface area contributed by atoms with E-state index in [1.54, 1.807) is 0 Å². The first-order valence-electron chi connectivity index (χ1n) is 10.7. The lowest BCUT2D eigenvalue weighted by atomic mass is 9.87. The second-order valence-electron chi connectivity index (χ2n) is 8.57. The summed E-state index contributed by atoms with van der Waals surface area (Å²) >= 11 is 2.08. The highest BCUT2D eigenvalue weighted by atomic mass is 127. The van der Waals surface area contributed by atoms with E-state index in [0.717, 1.165) is 20.6 Å². The average Bonchev–Trinajstić information content (AvgIpc) is 2.75. The molecule has 170 valence electrons. The summed E-state index contributed by atoms with van der Waals surface area (Å²) in [6, 6.07) is 21.7. The topological polar surface area (TPSA) is 27.7 Å². The van der Waals surface area contributed by atoms with Crippen LogP contribution in [0, 0.1) is 17.6 Å². The van der Waals surface area contributed by atoms with Gasteiger partial charge in [-0.25, -0.2) is 0 Å². The minimum atomic E-state index is -0.205. The van der Waals surface area contributed by atoms with E-state index >= 15 is 0 Å². The molecule has 0 unspecified atom stereocenters. The van der Waals surface area contributed by atoms with Crippen molar-refractivity contribution in [1.82, 2.24) is 0 Å². The zero-order valence-electron chi connectivity index (χ0n) is 19.4. The lowest BCUT2D eigenvalue weighted by molar-refractivity contribution is -0.598. The van der Waals surface area contributed by atoms with Crippen LogP contribution in [0.2, 0.25) is 0 Å². The first kappa shape index (κ1) is 25.3. The predicted octanol–water partition coefficient (Wildman–Crippen LogP) is 3.98. The van der Waals surface area contributed by atoms with E-state index in [-0.39, 0.29) is 33.4 Å². The van der Waals surface area contributed by atoms with Gasteiger partial charge in [0, 0.05) is 12.2 Å². The standard InChI is InChI=1S/C27H31I2O3/c1-6-30-18-32-26-14-7-20(16-24(26)28)17-31-23-12-13-25(19(2)15-23)29-22-10-8-21(9-11-22)27(3,4)5/h7-16H,6,17-18H2,1-5H3/q+1. The summed E-state index contributed by atoms with van der Waals surface area (Å²) in [6.45, 7) is 12.4. The van der Waals surface area contributed by atoms with Crippen molar-refractivity contribution in [2.24, 2.45) is 0 Å². The van der Waals surface area contributed by atoms with E-state index in [1.807, 2.05) is 19.1 Å². The van der Waals surface area contributed by atoms with Gasteiger partial charge in [0.15, 0.2) is 13.9 Å². The molecule has 0 saturated heterocycles. The van der Waals surface area contributed by atoms with Gasteiger partial charge in [-0.05, 0) is 95.4 Å². The Hall–Kier alpha value is -1.32. The number of benzene rings is 3. The second kappa shape index (κ2) is 11.7. The Bertz CT molecular complexity index is 1020. The van der Waals surface area contributed by atoms with Crippen LogP contribution in [-0.4, -0.2) is 13.4 Å². The molecule has 3 nitrogen and oxygen atoms in total. The molecule has 0 fully saturated rings. The molecule has 3 rings (SSSR count). The largest absolute Gasteiger partial charge is 0.489 e. The molecule has 0 aliphatic carbocycles. The van der Waals surface area contributed by atoms with Crippen molar-refractivity contribution in [3.63, 3.8) is 0 Å². The third-order valence-corrected chi connectivity index (χ3v) is 8.93. The molecule has 5 heteroatoms. The van der Waals surface area contributed by atoms with Gasteiger partial charge in [-0.15, -0.1) is 0 Å². The summed E-state index contributed by atoms with van der Waals surface area (Å²) in [6.07, 6.45) is 0. The zero-order chi connectivity index (χ0) is 23.1. The molecule has 0 amide bonds. The maximum atomic E-state index is 6.07. The maximum absolute atomic E-state index is 6.07. The van der Waals surface area contributed by atoms with Crippen LogP contribution >= 0.6 is 22.6 Å². The molecule has 32 heavy (non-hydrogen) atoms. The fourth-order valence-corrected chi connectivity index (χ4v) is 6.12. The number of rotatable bonds is 9. The number of aryl methyl sites for hydroxylation is 1. The third-order valence-electron chi connectivity index (χ3n) is 4.95. The number of hydrogen-bond acceptors (Lipinski definition) is 3. The summed E-state index contributed by atoms with van der Waals surface area (Å²) in [4.78, 5) is 0. The van der Waals surface area contributed by atoms with Crippen molar-refractivity contribution in [3.05, 3.63) is 88.1 Å². The smallest absolute Gasteiger partial charge is 0.358 e. The van der Waals surface area contributed by atoms with Crippen LogP contribution in [-0.2, 0) is 16.8 Å². The second-order valence-corrected chi connectivity index (χ2v) is 12.7. The van der Waals surface area contributed by atoms with E-state index in [1.165, 1.54) is 18.3 Å². The Morgan fingerprint density at radius 3 is 2.28 bits per heavy atom. The van der Waals surface area contributed by atoms with Crippen LogP contribution in [0.15, 0.2) is 60.7 Å². The molecule has 0 heterocycles. The van der Waals surface area contributed by atoms with Crippen LogP contribution in [0.4, 0.5) is 0 Å². The van der Waals surface area contributed by atoms with E-state index in [9.17, 15) is 0 Å². The highest BCUT2D eigenvalue weighted by Crippen LogP contribution is 2.24. The minimum Gasteiger partial charge on any atom is -0.489 e.